The summed E-state index contributed by atoms with van der Waals surface area (Å²) in [4.78, 5) is 5.70. The summed E-state index contributed by atoms with van der Waals surface area (Å²) in [5.41, 5.74) is 0. The number of nitrogens with zero attached hydrogens (tertiary/aromatic N) is 1. The number of aromatic nitrogens is 1. The lowest BCUT2D eigenvalue weighted by Crippen LogP contribution is -2.24. The molecule has 0 saturated carbocycles. The molecular formula is C11H20N2S. The van der Waals surface area contributed by atoms with Gasteiger partial charge in [-0.1, -0.05) is 13.8 Å². The minimum absolute atomic E-state index is 0.722. The molecule has 1 rings (SSSR count). The van der Waals surface area contributed by atoms with E-state index >= 15 is 0 Å². The van der Waals surface area contributed by atoms with Gasteiger partial charge in [0, 0.05) is 11.1 Å². The largest absolute Gasteiger partial charge is 0.319 e. The summed E-state index contributed by atoms with van der Waals surface area (Å²) in [6.45, 7) is 7.73. The van der Waals surface area contributed by atoms with Gasteiger partial charge in [-0.2, -0.15) is 0 Å². The molecule has 1 unspecified atom stereocenters. The van der Waals surface area contributed by atoms with Gasteiger partial charge in [-0.3, -0.25) is 0 Å². The van der Waals surface area contributed by atoms with Gasteiger partial charge >= 0.3 is 0 Å². The van der Waals surface area contributed by atoms with Crippen LogP contribution in [0.25, 0.3) is 0 Å². The van der Waals surface area contributed by atoms with Gasteiger partial charge in [0.25, 0.3) is 0 Å². The van der Waals surface area contributed by atoms with Gasteiger partial charge in [0.1, 0.15) is 0 Å². The van der Waals surface area contributed by atoms with E-state index in [0.717, 1.165) is 24.8 Å². The van der Waals surface area contributed by atoms with Crippen molar-refractivity contribution in [2.45, 2.75) is 27.2 Å². The lowest BCUT2D eigenvalue weighted by Gasteiger charge is -2.19. The Bertz CT molecular complexity index is 268. The highest BCUT2D eigenvalue weighted by molar-refractivity contribution is 7.11. The molecule has 14 heavy (non-hydrogen) atoms. The van der Waals surface area contributed by atoms with Gasteiger partial charge in [-0.25, -0.2) is 4.98 Å². The molecule has 0 spiro atoms. The summed E-state index contributed by atoms with van der Waals surface area (Å²) in [5.74, 6) is 1.45. The maximum atomic E-state index is 4.29. The Kier molecular flexibility index (Phi) is 4.55. The summed E-state index contributed by atoms with van der Waals surface area (Å²) < 4.78 is 0. The summed E-state index contributed by atoms with van der Waals surface area (Å²) in [7, 11) is 2.02. The van der Waals surface area contributed by atoms with E-state index in [1.54, 1.807) is 0 Å². The normalized spacial score (nSPS) is 13.5. The smallest absolute Gasteiger partial charge is 0.0896 e. The predicted molar refractivity (Wildman–Crippen MR) is 62.8 cm³/mol. The summed E-state index contributed by atoms with van der Waals surface area (Å²) in [5, 5.41) is 4.43. The zero-order valence-corrected chi connectivity index (χ0v) is 10.3. The van der Waals surface area contributed by atoms with E-state index in [4.69, 9.17) is 0 Å². The number of rotatable bonds is 5. The standard InChI is InChI=1S/C11H20N2S/c1-8(2)10(6-12-4)5-11-7-13-9(3)14-11/h7-8,10,12H,5-6H2,1-4H3. The van der Waals surface area contributed by atoms with E-state index in [-0.39, 0.29) is 0 Å². The molecule has 3 heteroatoms. The molecule has 0 aliphatic rings. The molecule has 1 aromatic rings. The highest BCUT2D eigenvalue weighted by atomic mass is 32.1. The van der Waals surface area contributed by atoms with Crippen molar-refractivity contribution in [3.05, 3.63) is 16.1 Å². The highest BCUT2D eigenvalue weighted by Crippen LogP contribution is 2.20. The molecule has 0 saturated heterocycles. The quantitative estimate of drug-likeness (QED) is 0.811. The van der Waals surface area contributed by atoms with Gasteiger partial charge in [-0.05, 0) is 38.8 Å². The Balaban J connectivity index is 2.55. The Labute approximate surface area is 90.8 Å². The van der Waals surface area contributed by atoms with Gasteiger partial charge in [0.2, 0.25) is 0 Å². The van der Waals surface area contributed by atoms with Crippen LogP contribution in [0.5, 0.6) is 0 Å². The SMILES string of the molecule is CNCC(Cc1cnc(C)s1)C(C)C. The summed E-state index contributed by atoms with van der Waals surface area (Å²) >= 11 is 1.82. The second-order valence-corrected chi connectivity index (χ2v) is 5.43. The summed E-state index contributed by atoms with van der Waals surface area (Å²) in [6, 6.07) is 0. The van der Waals surface area contributed by atoms with Crippen molar-refractivity contribution in [2.24, 2.45) is 11.8 Å². The minimum atomic E-state index is 0.722. The molecule has 0 aliphatic carbocycles. The van der Waals surface area contributed by atoms with Crippen LogP contribution in [0.15, 0.2) is 6.20 Å². The number of hydrogen-bond donors (Lipinski definition) is 1. The van der Waals surface area contributed by atoms with E-state index in [1.165, 1.54) is 9.88 Å². The van der Waals surface area contributed by atoms with E-state index < -0.39 is 0 Å². The minimum Gasteiger partial charge on any atom is -0.319 e. The molecular weight excluding hydrogens is 192 g/mol. The fourth-order valence-corrected chi connectivity index (χ4v) is 2.45. The lowest BCUT2D eigenvalue weighted by molar-refractivity contribution is 0.372. The van der Waals surface area contributed by atoms with Crippen LogP contribution in [0.1, 0.15) is 23.7 Å². The number of nitrogens with one attached hydrogen (secondary N) is 1. The van der Waals surface area contributed by atoms with E-state index in [2.05, 4.69) is 31.1 Å². The number of hydrogen-bond acceptors (Lipinski definition) is 3. The molecule has 0 radical (unpaired) electrons. The molecule has 1 aromatic heterocycles. The molecule has 0 bridgehead atoms. The molecule has 2 nitrogen and oxygen atoms in total. The van der Waals surface area contributed by atoms with Crippen molar-refractivity contribution in [3.8, 4) is 0 Å². The van der Waals surface area contributed by atoms with Crippen molar-refractivity contribution in [3.63, 3.8) is 0 Å². The Morgan fingerprint density at radius 3 is 2.64 bits per heavy atom. The van der Waals surface area contributed by atoms with Gasteiger partial charge in [0.05, 0.1) is 5.01 Å². The van der Waals surface area contributed by atoms with Crippen molar-refractivity contribution >= 4 is 11.3 Å². The molecule has 0 aliphatic heterocycles. The molecule has 0 amide bonds. The second kappa shape index (κ2) is 5.47. The third-order valence-electron chi connectivity index (χ3n) is 2.54. The van der Waals surface area contributed by atoms with Crippen molar-refractivity contribution in [1.29, 1.82) is 0 Å². The van der Waals surface area contributed by atoms with E-state index in [0.29, 0.717) is 0 Å². The number of aryl methyl sites for hydroxylation is 1. The Morgan fingerprint density at radius 2 is 2.21 bits per heavy atom. The van der Waals surface area contributed by atoms with Crippen LogP contribution >= 0.6 is 11.3 Å². The van der Waals surface area contributed by atoms with E-state index in [9.17, 15) is 0 Å². The highest BCUT2D eigenvalue weighted by Gasteiger charge is 2.14. The Morgan fingerprint density at radius 1 is 1.50 bits per heavy atom. The third-order valence-corrected chi connectivity index (χ3v) is 3.48. The van der Waals surface area contributed by atoms with Crippen LogP contribution in [0.2, 0.25) is 0 Å². The molecule has 1 heterocycles. The first kappa shape index (κ1) is 11.7. The average Bonchev–Trinajstić information content (AvgIpc) is 2.50. The Hall–Kier alpha value is -0.410. The molecule has 0 aromatic carbocycles. The first-order valence-electron chi connectivity index (χ1n) is 5.19. The maximum Gasteiger partial charge on any atom is 0.0896 e. The van der Waals surface area contributed by atoms with Crippen LogP contribution in [0.4, 0.5) is 0 Å². The fraction of sp³-hybridized carbons (Fsp3) is 0.727. The van der Waals surface area contributed by atoms with Gasteiger partial charge < -0.3 is 5.32 Å². The molecule has 0 fully saturated rings. The maximum absolute atomic E-state index is 4.29. The van der Waals surface area contributed by atoms with Crippen LogP contribution in [-0.4, -0.2) is 18.6 Å². The first-order chi connectivity index (χ1) is 6.63. The van der Waals surface area contributed by atoms with E-state index in [1.807, 2.05) is 24.6 Å². The van der Waals surface area contributed by atoms with Crippen molar-refractivity contribution in [2.75, 3.05) is 13.6 Å². The monoisotopic (exact) mass is 212 g/mol. The number of thiazole rings is 1. The lowest BCUT2D eigenvalue weighted by atomic mass is 9.92. The molecule has 1 atom stereocenters. The van der Waals surface area contributed by atoms with Gasteiger partial charge in [0.15, 0.2) is 0 Å². The topological polar surface area (TPSA) is 24.9 Å². The van der Waals surface area contributed by atoms with Crippen molar-refractivity contribution < 1.29 is 0 Å². The van der Waals surface area contributed by atoms with Crippen molar-refractivity contribution in [1.82, 2.24) is 10.3 Å². The van der Waals surface area contributed by atoms with Crippen LogP contribution in [0, 0.1) is 18.8 Å². The third kappa shape index (κ3) is 3.39. The predicted octanol–water partition coefficient (Wildman–Crippen LogP) is 2.49. The second-order valence-electron chi connectivity index (χ2n) is 4.11. The van der Waals surface area contributed by atoms with Crippen LogP contribution in [0.3, 0.4) is 0 Å². The zero-order chi connectivity index (χ0) is 10.6. The zero-order valence-electron chi connectivity index (χ0n) is 9.50. The average molecular weight is 212 g/mol. The fourth-order valence-electron chi connectivity index (χ4n) is 1.56. The molecule has 80 valence electrons. The summed E-state index contributed by atoms with van der Waals surface area (Å²) in [6.07, 6.45) is 3.18. The first-order valence-corrected chi connectivity index (χ1v) is 6.01. The van der Waals surface area contributed by atoms with Gasteiger partial charge in [-0.15, -0.1) is 11.3 Å². The molecule has 1 N–H and O–H groups in total. The van der Waals surface area contributed by atoms with Crippen LogP contribution in [-0.2, 0) is 6.42 Å². The van der Waals surface area contributed by atoms with Crippen LogP contribution < -0.4 is 5.32 Å².